The van der Waals surface area contributed by atoms with E-state index < -0.39 is 23.4 Å². The topological polar surface area (TPSA) is 135 Å². The molecule has 10 nitrogen and oxygen atoms in total. The Morgan fingerprint density at radius 1 is 0.730 bits per heavy atom. The zero-order valence-corrected chi connectivity index (χ0v) is 23.1. The minimum Gasteiger partial charge on any atom is -0.444 e. The van der Waals surface area contributed by atoms with Gasteiger partial charge in [-0.2, -0.15) is 0 Å². The number of carbonyl (C=O) groups excluding carboxylic acids is 3. The lowest BCUT2D eigenvalue weighted by molar-refractivity contribution is 0.0512. The third-order valence-electron chi connectivity index (χ3n) is 4.26. The van der Waals surface area contributed by atoms with Crippen LogP contribution in [0.4, 0.5) is 25.8 Å². The molecule has 0 heterocycles. The van der Waals surface area contributed by atoms with Crippen molar-refractivity contribution in [2.24, 2.45) is 0 Å². The smallest absolute Gasteiger partial charge is 0.407 e. The van der Waals surface area contributed by atoms with Gasteiger partial charge in [-0.25, -0.2) is 14.4 Å². The normalized spacial score (nSPS) is 10.8. The number of carbonyl (C=O) groups is 3. The van der Waals surface area contributed by atoms with E-state index in [9.17, 15) is 14.4 Å². The molecule has 0 aliphatic rings. The molecule has 5 N–H and O–H groups in total. The Morgan fingerprint density at radius 2 is 1.11 bits per heavy atom. The van der Waals surface area contributed by atoms with Gasteiger partial charge < -0.3 is 36.1 Å². The molecule has 0 aromatic heterocycles. The molecule has 0 saturated heterocycles. The van der Waals surface area contributed by atoms with E-state index in [4.69, 9.17) is 15.2 Å². The molecule has 0 unspecified atom stereocenters. The number of ether oxygens (including phenoxy) is 2. The molecule has 0 atom stereocenters. The maximum atomic E-state index is 11.5. The molecule has 4 amide bonds. The summed E-state index contributed by atoms with van der Waals surface area (Å²) in [6.45, 7) is 11.7. The molecule has 204 valence electrons. The summed E-state index contributed by atoms with van der Waals surface area (Å²) < 4.78 is 10.3. The molecule has 0 aliphatic carbocycles. The number of anilines is 2. The van der Waals surface area contributed by atoms with E-state index in [0.29, 0.717) is 24.5 Å². The Morgan fingerprint density at radius 3 is 1.46 bits per heavy atom. The van der Waals surface area contributed by atoms with Crippen molar-refractivity contribution < 1.29 is 23.9 Å². The molecule has 2 rings (SSSR count). The molecule has 37 heavy (non-hydrogen) atoms. The maximum Gasteiger partial charge on any atom is 0.407 e. The average molecular weight is 516 g/mol. The van der Waals surface area contributed by atoms with Gasteiger partial charge in [0.15, 0.2) is 0 Å². The molecule has 0 aliphatic heterocycles. The van der Waals surface area contributed by atoms with Gasteiger partial charge in [0.1, 0.15) is 11.2 Å². The van der Waals surface area contributed by atoms with E-state index >= 15 is 0 Å². The van der Waals surface area contributed by atoms with Crippen molar-refractivity contribution in [2.45, 2.75) is 65.8 Å². The Bertz CT molecular complexity index is 1010. The Labute approximate surface area is 219 Å². The zero-order chi connectivity index (χ0) is 28.2. The van der Waals surface area contributed by atoms with Crippen LogP contribution in [0.25, 0.3) is 0 Å². The van der Waals surface area contributed by atoms with E-state index in [0.717, 1.165) is 11.1 Å². The average Bonchev–Trinajstić information content (AvgIpc) is 2.76. The van der Waals surface area contributed by atoms with Crippen LogP contribution in [0.1, 0.15) is 52.7 Å². The third-order valence-corrected chi connectivity index (χ3v) is 4.26. The lowest BCUT2D eigenvalue weighted by Crippen LogP contribution is -2.32. The first kappa shape index (κ1) is 31.1. The molecule has 2 aromatic carbocycles. The van der Waals surface area contributed by atoms with Crippen molar-refractivity contribution in [1.82, 2.24) is 15.5 Å². The van der Waals surface area contributed by atoms with Crippen LogP contribution in [0.3, 0.4) is 0 Å². The fourth-order valence-corrected chi connectivity index (χ4v) is 2.55. The molecular formula is C27H41N5O5. The third kappa shape index (κ3) is 14.9. The van der Waals surface area contributed by atoms with Crippen LogP contribution in [0, 0.1) is 0 Å². The number of nitrogens with one attached hydrogen (secondary N) is 3. The lowest BCUT2D eigenvalue weighted by Gasteiger charge is -2.19. The van der Waals surface area contributed by atoms with Crippen LogP contribution in [0.15, 0.2) is 48.5 Å². The second kappa shape index (κ2) is 14.0. The summed E-state index contributed by atoms with van der Waals surface area (Å²) in [6.07, 6.45) is -0.864. The van der Waals surface area contributed by atoms with Crippen LogP contribution < -0.4 is 21.7 Å². The van der Waals surface area contributed by atoms with Crippen LogP contribution in [0.2, 0.25) is 0 Å². The molecule has 2 aromatic rings. The largest absolute Gasteiger partial charge is 0.444 e. The number of nitrogens with zero attached hydrogens (tertiary/aromatic N) is 1. The highest BCUT2D eigenvalue weighted by molar-refractivity contribution is 5.88. The standard InChI is InChI=1S/C15H23N3O3.C12H18N2O2/c1-15(2,3)21-14(20)16-10-11-6-8-12(9-7-11)17-13(19)18(4)5;1-12(2,3)16-11(15)14-8-9-4-6-10(13)7-5-9/h6-9H,10H2,1-5H3,(H,16,20)(H,17,19);4-7H,8,13H2,1-3H3,(H,14,15). The number of rotatable bonds is 5. The number of urea groups is 1. The Balaban J connectivity index is 0.000000384. The van der Waals surface area contributed by atoms with Gasteiger partial charge in [-0.1, -0.05) is 24.3 Å². The Kier molecular flexibility index (Phi) is 11.7. The zero-order valence-electron chi connectivity index (χ0n) is 23.1. The van der Waals surface area contributed by atoms with Gasteiger partial charge in [0, 0.05) is 38.6 Å². The molecule has 0 saturated carbocycles. The summed E-state index contributed by atoms with van der Waals surface area (Å²) in [5.74, 6) is 0. The number of nitrogen functional groups attached to an aromatic ring is 1. The van der Waals surface area contributed by atoms with Gasteiger partial charge in [-0.05, 0) is 76.9 Å². The summed E-state index contributed by atoms with van der Waals surface area (Å²) in [5, 5.41) is 8.09. The van der Waals surface area contributed by atoms with Crippen LogP contribution in [-0.4, -0.2) is 48.4 Å². The number of nitrogens with two attached hydrogens (primary N) is 1. The first-order chi connectivity index (χ1) is 17.0. The second-order valence-electron chi connectivity index (χ2n) is 10.5. The molecule has 0 bridgehead atoms. The fraction of sp³-hybridized carbons (Fsp3) is 0.444. The SMILES string of the molecule is CC(C)(C)OC(=O)NCc1ccc(N)cc1.CN(C)C(=O)Nc1ccc(CNC(=O)OC(C)(C)C)cc1. The van der Waals surface area contributed by atoms with E-state index in [-0.39, 0.29) is 6.03 Å². The van der Waals surface area contributed by atoms with E-state index in [1.807, 2.05) is 65.8 Å². The highest BCUT2D eigenvalue weighted by atomic mass is 16.6. The first-order valence-corrected chi connectivity index (χ1v) is 11.9. The summed E-state index contributed by atoms with van der Waals surface area (Å²) >= 11 is 0. The van der Waals surface area contributed by atoms with Gasteiger partial charge in [-0.15, -0.1) is 0 Å². The van der Waals surface area contributed by atoms with E-state index in [1.165, 1.54) is 4.90 Å². The van der Waals surface area contributed by atoms with Crippen molar-refractivity contribution in [3.63, 3.8) is 0 Å². The van der Waals surface area contributed by atoms with Crippen LogP contribution in [-0.2, 0) is 22.6 Å². The quantitative estimate of drug-likeness (QED) is 0.409. The van der Waals surface area contributed by atoms with E-state index in [1.54, 1.807) is 38.4 Å². The summed E-state index contributed by atoms with van der Waals surface area (Å²) in [4.78, 5) is 35.8. The highest BCUT2D eigenvalue weighted by Gasteiger charge is 2.16. The minimum absolute atomic E-state index is 0.186. The van der Waals surface area contributed by atoms with Crippen molar-refractivity contribution in [1.29, 1.82) is 0 Å². The molecule has 0 spiro atoms. The molecule has 0 fully saturated rings. The van der Waals surface area contributed by atoms with Gasteiger partial charge in [0.05, 0.1) is 0 Å². The second-order valence-corrected chi connectivity index (χ2v) is 10.5. The van der Waals surface area contributed by atoms with Crippen LogP contribution in [0.5, 0.6) is 0 Å². The monoisotopic (exact) mass is 515 g/mol. The Hall–Kier alpha value is -3.95. The van der Waals surface area contributed by atoms with Crippen LogP contribution >= 0.6 is 0 Å². The van der Waals surface area contributed by atoms with E-state index in [2.05, 4.69) is 16.0 Å². The summed E-state index contributed by atoms with van der Waals surface area (Å²) in [7, 11) is 3.35. The number of benzene rings is 2. The van der Waals surface area contributed by atoms with Crippen molar-refractivity contribution >= 4 is 29.6 Å². The predicted octanol–water partition coefficient (Wildman–Crippen LogP) is 5.10. The number of hydrogen-bond acceptors (Lipinski definition) is 6. The van der Waals surface area contributed by atoms with Gasteiger partial charge in [-0.3, -0.25) is 0 Å². The molecule has 10 heteroatoms. The van der Waals surface area contributed by atoms with Crippen molar-refractivity contribution in [3.05, 3.63) is 59.7 Å². The highest BCUT2D eigenvalue weighted by Crippen LogP contribution is 2.11. The number of alkyl carbamates (subject to hydrolysis) is 2. The molecular weight excluding hydrogens is 474 g/mol. The minimum atomic E-state index is -0.510. The summed E-state index contributed by atoms with van der Waals surface area (Å²) in [5.41, 5.74) is 7.90. The van der Waals surface area contributed by atoms with Gasteiger partial charge in [0.2, 0.25) is 0 Å². The first-order valence-electron chi connectivity index (χ1n) is 11.9. The maximum absolute atomic E-state index is 11.5. The number of amides is 4. The van der Waals surface area contributed by atoms with Gasteiger partial charge >= 0.3 is 18.2 Å². The fourth-order valence-electron chi connectivity index (χ4n) is 2.55. The molecule has 0 radical (unpaired) electrons. The van der Waals surface area contributed by atoms with Gasteiger partial charge in [0.25, 0.3) is 0 Å². The van der Waals surface area contributed by atoms with Crippen molar-refractivity contribution in [3.8, 4) is 0 Å². The lowest BCUT2D eigenvalue weighted by atomic mass is 10.2. The predicted molar refractivity (Wildman–Crippen MR) is 146 cm³/mol. The van der Waals surface area contributed by atoms with Crippen molar-refractivity contribution in [2.75, 3.05) is 25.1 Å². The summed E-state index contributed by atoms with van der Waals surface area (Å²) in [6, 6.07) is 14.4. The number of hydrogen-bond donors (Lipinski definition) is 4.